The van der Waals surface area contributed by atoms with E-state index >= 15 is 0 Å². The Morgan fingerprint density at radius 3 is 2.42 bits per heavy atom. The number of sulfonamides is 1. The Labute approximate surface area is 138 Å². The normalized spacial score (nSPS) is 12.6. The lowest BCUT2D eigenvalue weighted by molar-refractivity contribution is -0.0499. The molecular weight excluding hydrogens is 338 g/mol. The minimum absolute atomic E-state index is 0.00772. The first-order valence-corrected chi connectivity index (χ1v) is 8.37. The van der Waals surface area contributed by atoms with Crippen LogP contribution in [0, 0.1) is 11.3 Å². The molecule has 24 heavy (non-hydrogen) atoms. The number of ether oxygens (including phenoxy) is 1. The Bertz CT molecular complexity index is 846. The quantitative estimate of drug-likeness (QED) is 0.866. The third kappa shape index (κ3) is 4.50. The molecule has 0 unspecified atom stereocenters. The summed E-state index contributed by atoms with van der Waals surface area (Å²) in [5, 5.41) is 8.73. The minimum atomic E-state index is -3.82. The fraction of sp³-hybridized carbons (Fsp3) is 0.188. The second kappa shape index (κ2) is 7.38. The van der Waals surface area contributed by atoms with Crippen LogP contribution in [0.4, 0.5) is 8.78 Å². The van der Waals surface area contributed by atoms with Gasteiger partial charge in [-0.1, -0.05) is 12.1 Å². The molecule has 0 bridgehead atoms. The first-order chi connectivity index (χ1) is 11.3. The van der Waals surface area contributed by atoms with Gasteiger partial charge in [0, 0.05) is 6.04 Å². The topological polar surface area (TPSA) is 79.2 Å². The molecule has 0 saturated heterocycles. The van der Waals surface area contributed by atoms with Crippen LogP contribution in [0.1, 0.15) is 24.1 Å². The highest BCUT2D eigenvalue weighted by Gasteiger charge is 2.19. The van der Waals surface area contributed by atoms with Crippen LogP contribution in [-0.4, -0.2) is 15.0 Å². The standard InChI is InChI=1S/C16H14F2N2O3S/c1-11(13-3-2-4-14(9-13)23-16(17)18)20-24(21,22)15-7-5-12(10-19)6-8-15/h2-9,11,16,20H,1H3/t11-/m0/s1. The summed E-state index contributed by atoms with van der Waals surface area (Å²) in [5.74, 6) is -0.0491. The maximum absolute atomic E-state index is 12.3. The number of rotatable bonds is 6. The van der Waals surface area contributed by atoms with Crippen LogP contribution in [0.15, 0.2) is 53.4 Å². The maximum Gasteiger partial charge on any atom is 0.387 e. The van der Waals surface area contributed by atoms with Crippen LogP contribution in [0.25, 0.3) is 0 Å². The maximum atomic E-state index is 12.3. The molecule has 5 nitrogen and oxygen atoms in total. The molecule has 0 aromatic heterocycles. The Morgan fingerprint density at radius 1 is 1.17 bits per heavy atom. The van der Waals surface area contributed by atoms with Gasteiger partial charge >= 0.3 is 6.61 Å². The average molecular weight is 352 g/mol. The van der Waals surface area contributed by atoms with Gasteiger partial charge in [0.2, 0.25) is 10.0 Å². The molecule has 0 radical (unpaired) electrons. The average Bonchev–Trinajstić information content (AvgIpc) is 2.54. The highest BCUT2D eigenvalue weighted by Crippen LogP contribution is 2.22. The van der Waals surface area contributed by atoms with Crippen molar-refractivity contribution in [3.8, 4) is 11.8 Å². The molecule has 0 fully saturated rings. The second-order valence-corrected chi connectivity index (χ2v) is 6.64. The number of nitriles is 1. The van der Waals surface area contributed by atoms with Crippen molar-refractivity contribution in [1.82, 2.24) is 4.72 Å². The van der Waals surface area contributed by atoms with E-state index in [1.807, 2.05) is 6.07 Å². The van der Waals surface area contributed by atoms with Crippen molar-refractivity contribution < 1.29 is 21.9 Å². The van der Waals surface area contributed by atoms with Gasteiger partial charge in [0.1, 0.15) is 5.75 Å². The van der Waals surface area contributed by atoms with Crippen molar-refractivity contribution in [1.29, 1.82) is 5.26 Å². The molecule has 0 aliphatic rings. The number of halogens is 2. The lowest BCUT2D eigenvalue weighted by Crippen LogP contribution is -2.26. The molecule has 2 aromatic carbocycles. The number of hydrogen-bond acceptors (Lipinski definition) is 4. The summed E-state index contributed by atoms with van der Waals surface area (Å²) in [6, 6.07) is 12.5. The van der Waals surface area contributed by atoms with Crippen molar-refractivity contribution in [2.75, 3.05) is 0 Å². The third-order valence-electron chi connectivity index (χ3n) is 3.21. The first kappa shape index (κ1) is 17.8. The molecule has 0 aliphatic heterocycles. The summed E-state index contributed by atoms with van der Waals surface area (Å²) >= 11 is 0. The number of alkyl halides is 2. The van der Waals surface area contributed by atoms with E-state index in [0.717, 1.165) is 0 Å². The summed E-state index contributed by atoms with van der Waals surface area (Å²) in [6.45, 7) is -1.37. The predicted molar refractivity (Wildman–Crippen MR) is 83.0 cm³/mol. The van der Waals surface area contributed by atoms with Crippen molar-refractivity contribution in [2.24, 2.45) is 0 Å². The lowest BCUT2D eigenvalue weighted by Gasteiger charge is -2.16. The van der Waals surface area contributed by atoms with Crippen LogP contribution in [-0.2, 0) is 10.0 Å². The van der Waals surface area contributed by atoms with Gasteiger partial charge in [-0.3, -0.25) is 0 Å². The van der Waals surface area contributed by atoms with Crippen molar-refractivity contribution in [3.63, 3.8) is 0 Å². The second-order valence-electron chi connectivity index (χ2n) is 4.93. The molecule has 0 saturated carbocycles. The van der Waals surface area contributed by atoms with E-state index in [2.05, 4.69) is 9.46 Å². The zero-order valence-corrected chi connectivity index (χ0v) is 13.4. The van der Waals surface area contributed by atoms with Crippen LogP contribution in [0.3, 0.4) is 0 Å². The van der Waals surface area contributed by atoms with Crippen molar-refractivity contribution >= 4 is 10.0 Å². The van der Waals surface area contributed by atoms with E-state index in [1.165, 1.54) is 42.5 Å². The lowest BCUT2D eigenvalue weighted by atomic mass is 10.1. The summed E-state index contributed by atoms with van der Waals surface area (Å²) < 4.78 is 55.9. The largest absolute Gasteiger partial charge is 0.435 e. The van der Waals surface area contributed by atoms with Crippen molar-refractivity contribution in [2.45, 2.75) is 24.5 Å². The first-order valence-electron chi connectivity index (χ1n) is 6.89. The third-order valence-corrected chi connectivity index (χ3v) is 4.77. The summed E-state index contributed by atoms with van der Waals surface area (Å²) in [7, 11) is -3.82. The summed E-state index contributed by atoms with van der Waals surface area (Å²) in [4.78, 5) is 0.00772. The monoisotopic (exact) mass is 352 g/mol. The zero-order valence-electron chi connectivity index (χ0n) is 12.6. The van der Waals surface area contributed by atoms with Crippen LogP contribution in [0.2, 0.25) is 0 Å². The smallest absolute Gasteiger partial charge is 0.387 e. The minimum Gasteiger partial charge on any atom is -0.435 e. The highest BCUT2D eigenvalue weighted by atomic mass is 32.2. The molecule has 0 heterocycles. The Kier molecular flexibility index (Phi) is 5.49. The van der Waals surface area contributed by atoms with Gasteiger partial charge in [0.15, 0.2) is 0 Å². The van der Waals surface area contributed by atoms with E-state index in [-0.39, 0.29) is 10.6 Å². The van der Waals surface area contributed by atoms with Gasteiger partial charge in [-0.05, 0) is 48.9 Å². The molecule has 0 amide bonds. The van der Waals surface area contributed by atoms with Crippen LogP contribution >= 0.6 is 0 Å². The molecule has 0 aliphatic carbocycles. The SMILES string of the molecule is C[C@H](NS(=O)(=O)c1ccc(C#N)cc1)c1cccc(OC(F)F)c1. The molecular formula is C16H14F2N2O3S. The molecule has 1 atom stereocenters. The van der Waals surface area contributed by atoms with E-state index in [4.69, 9.17) is 5.26 Å². The highest BCUT2D eigenvalue weighted by molar-refractivity contribution is 7.89. The summed E-state index contributed by atoms with van der Waals surface area (Å²) in [6.07, 6.45) is 0. The fourth-order valence-electron chi connectivity index (χ4n) is 2.04. The molecule has 2 rings (SSSR count). The van der Waals surface area contributed by atoms with E-state index in [1.54, 1.807) is 13.0 Å². The molecule has 1 N–H and O–H groups in total. The van der Waals surface area contributed by atoms with Gasteiger partial charge in [-0.2, -0.15) is 14.0 Å². The van der Waals surface area contributed by atoms with E-state index in [0.29, 0.717) is 11.1 Å². The van der Waals surface area contributed by atoms with Crippen molar-refractivity contribution in [3.05, 3.63) is 59.7 Å². The Morgan fingerprint density at radius 2 is 1.83 bits per heavy atom. The van der Waals surface area contributed by atoms with Crippen LogP contribution in [0.5, 0.6) is 5.75 Å². The fourth-order valence-corrected chi connectivity index (χ4v) is 3.27. The van der Waals surface area contributed by atoms with Gasteiger partial charge in [-0.25, -0.2) is 13.1 Å². The number of benzene rings is 2. The van der Waals surface area contributed by atoms with Gasteiger partial charge in [0.05, 0.1) is 16.5 Å². The Balaban J connectivity index is 2.18. The predicted octanol–water partition coefficient (Wildman–Crippen LogP) is 3.20. The van der Waals surface area contributed by atoms with Crippen LogP contribution < -0.4 is 9.46 Å². The number of hydrogen-bond donors (Lipinski definition) is 1. The van der Waals surface area contributed by atoms with E-state index < -0.39 is 22.7 Å². The molecule has 0 spiro atoms. The molecule has 126 valence electrons. The zero-order chi connectivity index (χ0) is 17.7. The van der Waals surface area contributed by atoms with E-state index in [9.17, 15) is 17.2 Å². The van der Waals surface area contributed by atoms with Gasteiger partial charge in [-0.15, -0.1) is 0 Å². The van der Waals surface area contributed by atoms with Gasteiger partial charge in [0.25, 0.3) is 0 Å². The molecule has 8 heteroatoms. The van der Waals surface area contributed by atoms with Gasteiger partial charge < -0.3 is 4.74 Å². The Hall–Kier alpha value is -2.50. The number of nitrogens with zero attached hydrogens (tertiary/aromatic N) is 1. The molecule has 2 aromatic rings. The number of nitrogens with one attached hydrogen (secondary N) is 1. The summed E-state index contributed by atoms with van der Waals surface area (Å²) in [5.41, 5.74) is 0.823.